The van der Waals surface area contributed by atoms with Gasteiger partial charge in [0.25, 0.3) is 0 Å². The number of aromatic nitrogens is 1. The van der Waals surface area contributed by atoms with Crippen LogP contribution in [-0.4, -0.2) is 4.98 Å². The molecule has 0 aliphatic carbocycles. The molecule has 0 aliphatic rings. The van der Waals surface area contributed by atoms with Gasteiger partial charge < -0.3 is 4.42 Å². The minimum absolute atomic E-state index is 0.0946. The first-order chi connectivity index (χ1) is 7.22. The van der Waals surface area contributed by atoms with E-state index in [2.05, 4.69) is 4.98 Å². The van der Waals surface area contributed by atoms with Crippen LogP contribution in [0.3, 0.4) is 0 Å². The van der Waals surface area contributed by atoms with E-state index in [9.17, 15) is 9.18 Å². The maximum atomic E-state index is 13.3. The zero-order valence-electron chi connectivity index (χ0n) is 8.29. The summed E-state index contributed by atoms with van der Waals surface area (Å²) in [4.78, 5) is 15.4. The van der Waals surface area contributed by atoms with Gasteiger partial charge in [0.05, 0.1) is 5.39 Å². The lowest BCUT2D eigenvalue weighted by Gasteiger charge is -2.00. The van der Waals surface area contributed by atoms with Gasteiger partial charge in [-0.25, -0.2) is 14.2 Å². The molecule has 0 N–H and O–H groups in total. The SMILES string of the molecule is CCCc1nc2c(F)cccc2c(=O)o1. The highest BCUT2D eigenvalue weighted by molar-refractivity contribution is 5.77. The number of hydrogen-bond acceptors (Lipinski definition) is 3. The first-order valence-electron chi connectivity index (χ1n) is 4.80. The summed E-state index contributed by atoms with van der Waals surface area (Å²) >= 11 is 0. The van der Waals surface area contributed by atoms with Crippen molar-refractivity contribution in [1.29, 1.82) is 0 Å². The van der Waals surface area contributed by atoms with Crippen molar-refractivity contribution in [3.63, 3.8) is 0 Å². The van der Waals surface area contributed by atoms with Gasteiger partial charge >= 0.3 is 5.63 Å². The van der Waals surface area contributed by atoms with Gasteiger partial charge in [0.1, 0.15) is 11.3 Å². The number of aryl methyl sites for hydroxylation is 1. The van der Waals surface area contributed by atoms with E-state index in [-0.39, 0.29) is 10.9 Å². The quantitative estimate of drug-likeness (QED) is 0.758. The Morgan fingerprint density at radius 3 is 3.00 bits per heavy atom. The summed E-state index contributed by atoms with van der Waals surface area (Å²) in [7, 11) is 0. The molecule has 0 saturated carbocycles. The number of para-hydroxylation sites is 1. The van der Waals surface area contributed by atoms with Crippen molar-refractivity contribution < 1.29 is 8.81 Å². The zero-order chi connectivity index (χ0) is 10.8. The highest BCUT2D eigenvalue weighted by atomic mass is 19.1. The van der Waals surface area contributed by atoms with Crippen molar-refractivity contribution in [2.45, 2.75) is 19.8 Å². The van der Waals surface area contributed by atoms with Gasteiger partial charge in [0.15, 0.2) is 5.89 Å². The van der Waals surface area contributed by atoms with Crippen LogP contribution >= 0.6 is 0 Å². The summed E-state index contributed by atoms with van der Waals surface area (Å²) < 4.78 is 18.3. The van der Waals surface area contributed by atoms with Crippen LogP contribution in [0.25, 0.3) is 10.9 Å². The third-order valence-corrected chi connectivity index (χ3v) is 2.12. The molecule has 4 heteroatoms. The van der Waals surface area contributed by atoms with E-state index in [0.29, 0.717) is 12.3 Å². The fraction of sp³-hybridized carbons (Fsp3) is 0.273. The Morgan fingerprint density at radius 2 is 2.27 bits per heavy atom. The number of halogens is 1. The fourth-order valence-electron chi connectivity index (χ4n) is 1.42. The summed E-state index contributed by atoms with van der Waals surface area (Å²) in [6, 6.07) is 4.26. The Kier molecular flexibility index (Phi) is 2.49. The standard InChI is InChI=1S/C11H10FNO2/c1-2-4-9-13-10-7(11(14)15-9)5-3-6-8(10)12/h3,5-6H,2,4H2,1H3. The lowest BCUT2D eigenvalue weighted by atomic mass is 10.2. The van der Waals surface area contributed by atoms with Crippen LogP contribution in [0.15, 0.2) is 27.4 Å². The summed E-state index contributed by atoms with van der Waals surface area (Å²) in [5.41, 5.74) is -0.430. The second-order valence-electron chi connectivity index (χ2n) is 3.28. The van der Waals surface area contributed by atoms with Crippen molar-refractivity contribution in [3.8, 4) is 0 Å². The van der Waals surface area contributed by atoms with Gasteiger partial charge in [-0.15, -0.1) is 0 Å². The van der Waals surface area contributed by atoms with Crippen LogP contribution in [0.1, 0.15) is 19.2 Å². The fourth-order valence-corrected chi connectivity index (χ4v) is 1.42. The Morgan fingerprint density at radius 1 is 1.47 bits per heavy atom. The maximum Gasteiger partial charge on any atom is 0.346 e. The molecule has 15 heavy (non-hydrogen) atoms. The average Bonchev–Trinajstić information content (AvgIpc) is 2.20. The molecular formula is C11H10FNO2. The molecule has 0 radical (unpaired) electrons. The minimum atomic E-state index is -0.525. The van der Waals surface area contributed by atoms with Gasteiger partial charge in [-0.2, -0.15) is 0 Å². The number of hydrogen-bond donors (Lipinski definition) is 0. The maximum absolute atomic E-state index is 13.3. The van der Waals surface area contributed by atoms with E-state index in [1.165, 1.54) is 18.2 Å². The molecule has 0 saturated heterocycles. The Balaban J connectivity index is 2.74. The highest BCUT2D eigenvalue weighted by Gasteiger charge is 2.08. The molecule has 1 heterocycles. The van der Waals surface area contributed by atoms with Crippen molar-refractivity contribution in [2.24, 2.45) is 0 Å². The van der Waals surface area contributed by atoms with Crippen LogP contribution in [-0.2, 0) is 6.42 Å². The second kappa shape index (κ2) is 3.81. The topological polar surface area (TPSA) is 43.1 Å². The zero-order valence-corrected chi connectivity index (χ0v) is 8.29. The van der Waals surface area contributed by atoms with E-state index in [1.807, 2.05) is 6.92 Å². The molecule has 1 aromatic carbocycles. The lowest BCUT2D eigenvalue weighted by Crippen LogP contribution is -2.06. The Bertz CT molecular complexity index is 548. The van der Waals surface area contributed by atoms with Crippen molar-refractivity contribution in [1.82, 2.24) is 4.98 Å². The van der Waals surface area contributed by atoms with Crippen molar-refractivity contribution in [3.05, 3.63) is 40.3 Å². The summed E-state index contributed by atoms with van der Waals surface area (Å²) in [5.74, 6) is -0.196. The van der Waals surface area contributed by atoms with Crippen LogP contribution in [0.2, 0.25) is 0 Å². The van der Waals surface area contributed by atoms with Crippen LogP contribution in [0.5, 0.6) is 0 Å². The smallest absolute Gasteiger partial charge is 0.346 e. The molecule has 0 bridgehead atoms. The van der Waals surface area contributed by atoms with Crippen LogP contribution in [0.4, 0.5) is 4.39 Å². The molecule has 0 aliphatic heterocycles. The van der Waals surface area contributed by atoms with Crippen molar-refractivity contribution >= 4 is 10.9 Å². The third-order valence-electron chi connectivity index (χ3n) is 2.12. The predicted octanol–water partition coefficient (Wildman–Crippen LogP) is 2.28. The molecule has 2 rings (SSSR count). The molecule has 3 nitrogen and oxygen atoms in total. The van der Waals surface area contributed by atoms with E-state index >= 15 is 0 Å². The lowest BCUT2D eigenvalue weighted by molar-refractivity contribution is 0.440. The minimum Gasteiger partial charge on any atom is -0.408 e. The van der Waals surface area contributed by atoms with Crippen LogP contribution in [0, 0.1) is 5.82 Å². The number of fused-ring (bicyclic) bond motifs is 1. The Hall–Kier alpha value is -1.71. The van der Waals surface area contributed by atoms with Gasteiger partial charge in [-0.3, -0.25) is 0 Å². The molecule has 0 atom stereocenters. The molecular weight excluding hydrogens is 197 g/mol. The van der Waals surface area contributed by atoms with E-state index in [1.54, 1.807) is 0 Å². The Labute approximate surface area is 85.6 Å². The van der Waals surface area contributed by atoms with E-state index in [4.69, 9.17) is 4.42 Å². The van der Waals surface area contributed by atoms with E-state index in [0.717, 1.165) is 6.42 Å². The number of benzene rings is 1. The molecule has 1 aromatic heterocycles. The molecule has 78 valence electrons. The summed E-state index contributed by atoms with van der Waals surface area (Å²) in [6.07, 6.45) is 1.34. The van der Waals surface area contributed by atoms with E-state index < -0.39 is 11.4 Å². The molecule has 2 aromatic rings. The molecule has 0 fully saturated rings. The average molecular weight is 207 g/mol. The first kappa shape index (κ1) is 9.83. The van der Waals surface area contributed by atoms with Gasteiger partial charge in [-0.1, -0.05) is 13.0 Å². The monoisotopic (exact) mass is 207 g/mol. The van der Waals surface area contributed by atoms with Gasteiger partial charge in [0.2, 0.25) is 0 Å². The normalized spacial score (nSPS) is 10.8. The largest absolute Gasteiger partial charge is 0.408 e. The van der Waals surface area contributed by atoms with Gasteiger partial charge in [0, 0.05) is 6.42 Å². The van der Waals surface area contributed by atoms with Gasteiger partial charge in [-0.05, 0) is 18.6 Å². The summed E-state index contributed by atoms with van der Waals surface area (Å²) in [6.45, 7) is 1.94. The number of nitrogens with zero attached hydrogens (tertiary/aromatic N) is 1. The highest BCUT2D eigenvalue weighted by Crippen LogP contribution is 2.12. The predicted molar refractivity (Wildman–Crippen MR) is 54.2 cm³/mol. The molecule has 0 spiro atoms. The summed E-state index contributed by atoms with van der Waals surface area (Å²) in [5, 5.41) is 0.190. The second-order valence-corrected chi connectivity index (χ2v) is 3.28. The molecule has 0 unspecified atom stereocenters. The number of rotatable bonds is 2. The third kappa shape index (κ3) is 1.75. The molecule has 0 amide bonds. The van der Waals surface area contributed by atoms with Crippen LogP contribution < -0.4 is 5.63 Å². The first-order valence-corrected chi connectivity index (χ1v) is 4.80. The van der Waals surface area contributed by atoms with Crippen molar-refractivity contribution in [2.75, 3.05) is 0 Å².